The monoisotopic (exact) mass is 349 g/mol. The van der Waals surface area contributed by atoms with Crippen LogP contribution in [0, 0.1) is 5.41 Å². The molecule has 0 aliphatic carbocycles. The zero-order valence-corrected chi connectivity index (χ0v) is 14.9. The molecule has 1 amide bonds. The lowest BCUT2D eigenvalue weighted by Gasteiger charge is -2.24. The van der Waals surface area contributed by atoms with E-state index in [1.165, 1.54) is 0 Å². The van der Waals surface area contributed by atoms with Crippen LogP contribution in [-0.4, -0.2) is 36.3 Å². The summed E-state index contributed by atoms with van der Waals surface area (Å²) in [5.41, 5.74) is -0.0174. The van der Waals surface area contributed by atoms with Gasteiger partial charge >= 0.3 is 5.97 Å². The Morgan fingerprint density at radius 2 is 2.04 bits per heavy atom. The third-order valence-corrected chi connectivity index (χ3v) is 4.13. The van der Waals surface area contributed by atoms with Crippen LogP contribution in [0.25, 0.3) is 0 Å². The average molecular weight is 349 g/mol. The van der Waals surface area contributed by atoms with Crippen molar-refractivity contribution >= 4 is 17.6 Å². The predicted octanol–water partition coefficient (Wildman–Crippen LogP) is 3.46. The van der Waals surface area contributed by atoms with E-state index in [2.05, 4.69) is 5.32 Å². The van der Waals surface area contributed by atoms with Gasteiger partial charge in [0.2, 0.25) is 5.91 Å². The Kier molecular flexibility index (Phi) is 6.82. The molecule has 138 valence electrons. The third kappa shape index (κ3) is 6.74. The van der Waals surface area contributed by atoms with Crippen molar-refractivity contribution in [3.8, 4) is 5.75 Å². The van der Waals surface area contributed by atoms with E-state index in [9.17, 15) is 9.59 Å². The summed E-state index contributed by atoms with van der Waals surface area (Å²) in [7, 11) is 0. The van der Waals surface area contributed by atoms with Gasteiger partial charge in [0, 0.05) is 13.0 Å². The molecule has 2 N–H and O–H groups in total. The highest BCUT2D eigenvalue weighted by Crippen LogP contribution is 2.28. The number of anilines is 1. The zero-order chi connectivity index (χ0) is 18.3. The molecule has 0 radical (unpaired) electrons. The molecule has 1 aliphatic rings. The number of para-hydroxylation sites is 2. The zero-order valence-electron chi connectivity index (χ0n) is 14.9. The first-order chi connectivity index (χ1) is 11.9. The predicted molar refractivity (Wildman–Crippen MR) is 94.8 cm³/mol. The van der Waals surface area contributed by atoms with Gasteiger partial charge in [0.1, 0.15) is 12.4 Å². The van der Waals surface area contributed by atoms with Crippen molar-refractivity contribution in [3.63, 3.8) is 0 Å². The molecular weight excluding hydrogens is 322 g/mol. The number of hydrogen-bond acceptors (Lipinski definition) is 4. The van der Waals surface area contributed by atoms with Crippen molar-refractivity contribution < 1.29 is 24.2 Å². The molecule has 1 unspecified atom stereocenters. The molecule has 2 rings (SSSR count). The largest absolute Gasteiger partial charge is 0.489 e. The normalized spacial score (nSPS) is 17.8. The van der Waals surface area contributed by atoms with Crippen LogP contribution in [0.5, 0.6) is 5.75 Å². The van der Waals surface area contributed by atoms with Crippen LogP contribution in [-0.2, 0) is 14.3 Å². The fourth-order valence-electron chi connectivity index (χ4n) is 2.92. The standard InChI is InChI=1S/C19H27NO5/c1-19(2,12-18(22)23)11-17(21)20-15-8-3-4-9-16(15)25-13-14-7-5-6-10-24-14/h3-4,8-9,14H,5-7,10-13H2,1-2H3,(H,20,21)(H,22,23). The minimum absolute atomic E-state index is 0.0580. The first-order valence-corrected chi connectivity index (χ1v) is 8.71. The SMILES string of the molecule is CC(C)(CC(=O)O)CC(=O)Nc1ccccc1OCC1CCCCO1. The highest BCUT2D eigenvalue weighted by atomic mass is 16.5. The molecule has 0 saturated carbocycles. The molecule has 25 heavy (non-hydrogen) atoms. The van der Waals surface area contributed by atoms with Crippen LogP contribution in [0.2, 0.25) is 0 Å². The van der Waals surface area contributed by atoms with E-state index >= 15 is 0 Å². The van der Waals surface area contributed by atoms with Gasteiger partial charge in [-0.1, -0.05) is 26.0 Å². The summed E-state index contributed by atoms with van der Waals surface area (Å²) in [4.78, 5) is 23.2. The lowest BCUT2D eigenvalue weighted by atomic mass is 9.85. The van der Waals surface area contributed by atoms with Gasteiger partial charge in [-0.25, -0.2) is 0 Å². The van der Waals surface area contributed by atoms with Gasteiger partial charge in [-0.2, -0.15) is 0 Å². The molecule has 1 aromatic rings. The molecule has 1 heterocycles. The topological polar surface area (TPSA) is 84.9 Å². The summed E-state index contributed by atoms with van der Waals surface area (Å²) >= 11 is 0. The van der Waals surface area contributed by atoms with Crippen LogP contribution in [0.3, 0.4) is 0 Å². The highest BCUT2D eigenvalue weighted by molar-refractivity contribution is 5.92. The second-order valence-electron chi connectivity index (χ2n) is 7.26. The average Bonchev–Trinajstić information content (AvgIpc) is 2.53. The Bertz CT molecular complexity index is 593. The molecular formula is C19H27NO5. The number of carboxylic acid groups (broad SMARTS) is 1. The minimum Gasteiger partial charge on any atom is -0.489 e. The fourth-order valence-corrected chi connectivity index (χ4v) is 2.92. The van der Waals surface area contributed by atoms with E-state index in [-0.39, 0.29) is 24.9 Å². The molecule has 0 spiro atoms. The smallest absolute Gasteiger partial charge is 0.303 e. The molecule has 1 saturated heterocycles. The molecule has 1 atom stereocenters. The van der Waals surface area contributed by atoms with Gasteiger partial charge in [-0.05, 0) is 36.8 Å². The number of ether oxygens (including phenoxy) is 2. The van der Waals surface area contributed by atoms with Gasteiger partial charge in [0.15, 0.2) is 0 Å². The van der Waals surface area contributed by atoms with E-state index in [4.69, 9.17) is 14.6 Å². The van der Waals surface area contributed by atoms with Crippen molar-refractivity contribution in [2.45, 2.75) is 52.1 Å². The summed E-state index contributed by atoms with van der Waals surface area (Å²) in [6.45, 7) is 4.76. The van der Waals surface area contributed by atoms with Gasteiger partial charge in [0.25, 0.3) is 0 Å². The van der Waals surface area contributed by atoms with Crippen LogP contribution in [0.15, 0.2) is 24.3 Å². The van der Waals surface area contributed by atoms with E-state index in [1.54, 1.807) is 26.0 Å². The van der Waals surface area contributed by atoms with Crippen molar-refractivity contribution in [2.24, 2.45) is 5.41 Å². The van der Waals surface area contributed by atoms with Gasteiger partial charge in [-0.15, -0.1) is 0 Å². The lowest BCUT2D eigenvalue weighted by molar-refractivity contribution is -0.139. The number of aliphatic carboxylic acids is 1. The molecule has 1 aliphatic heterocycles. The van der Waals surface area contributed by atoms with E-state index < -0.39 is 11.4 Å². The van der Waals surface area contributed by atoms with Crippen molar-refractivity contribution in [2.75, 3.05) is 18.5 Å². The van der Waals surface area contributed by atoms with Crippen LogP contribution < -0.4 is 10.1 Å². The second-order valence-corrected chi connectivity index (χ2v) is 7.26. The van der Waals surface area contributed by atoms with Crippen molar-refractivity contribution in [1.29, 1.82) is 0 Å². The minimum atomic E-state index is -0.908. The van der Waals surface area contributed by atoms with Crippen LogP contribution in [0.1, 0.15) is 46.0 Å². The van der Waals surface area contributed by atoms with Gasteiger partial charge < -0.3 is 19.9 Å². The van der Waals surface area contributed by atoms with E-state index in [0.717, 1.165) is 25.9 Å². The third-order valence-electron chi connectivity index (χ3n) is 4.13. The quantitative estimate of drug-likeness (QED) is 0.751. The number of carboxylic acids is 1. The van der Waals surface area contributed by atoms with Crippen LogP contribution >= 0.6 is 0 Å². The number of nitrogens with one attached hydrogen (secondary N) is 1. The highest BCUT2D eigenvalue weighted by Gasteiger charge is 2.25. The summed E-state index contributed by atoms with van der Waals surface area (Å²) in [6.07, 6.45) is 3.38. The molecule has 6 heteroatoms. The number of benzene rings is 1. The molecule has 0 bridgehead atoms. The number of rotatable bonds is 8. The van der Waals surface area contributed by atoms with Crippen molar-refractivity contribution in [3.05, 3.63) is 24.3 Å². The lowest BCUT2D eigenvalue weighted by Crippen LogP contribution is -2.27. The Labute approximate surface area is 148 Å². The summed E-state index contributed by atoms with van der Waals surface area (Å²) in [5, 5.41) is 11.8. The first kappa shape index (κ1) is 19.2. The molecule has 1 fully saturated rings. The molecule has 1 aromatic carbocycles. The maximum atomic E-state index is 12.3. The van der Waals surface area contributed by atoms with E-state index in [1.807, 2.05) is 12.1 Å². The second kappa shape index (κ2) is 8.85. The summed E-state index contributed by atoms with van der Waals surface area (Å²) in [5.74, 6) is -0.536. The molecule has 6 nitrogen and oxygen atoms in total. The number of hydrogen-bond donors (Lipinski definition) is 2. The van der Waals surface area contributed by atoms with Gasteiger partial charge in [-0.3, -0.25) is 9.59 Å². The Morgan fingerprint density at radius 3 is 2.72 bits per heavy atom. The first-order valence-electron chi connectivity index (χ1n) is 8.71. The Balaban J connectivity index is 1.92. The summed E-state index contributed by atoms with van der Waals surface area (Å²) in [6, 6.07) is 7.25. The maximum Gasteiger partial charge on any atom is 0.303 e. The summed E-state index contributed by atoms with van der Waals surface area (Å²) < 4.78 is 11.5. The fraction of sp³-hybridized carbons (Fsp3) is 0.579. The Hall–Kier alpha value is -2.08. The number of carbonyl (C=O) groups excluding carboxylic acids is 1. The van der Waals surface area contributed by atoms with Crippen LogP contribution in [0.4, 0.5) is 5.69 Å². The molecule has 0 aromatic heterocycles. The van der Waals surface area contributed by atoms with E-state index in [0.29, 0.717) is 18.0 Å². The van der Waals surface area contributed by atoms with Crippen molar-refractivity contribution in [1.82, 2.24) is 0 Å². The van der Waals surface area contributed by atoms with Gasteiger partial charge in [0.05, 0.1) is 18.2 Å². The number of amides is 1. The Morgan fingerprint density at radius 1 is 1.28 bits per heavy atom. The number of carbonyl (C=O) groups is 2. The maximum absolute atomic E-state index is 12.3.